The largest absolute Gasteiger partial charge is 0.465 e. The van der Waals surface area contributed by atoms with E-state index in [1.807, 2.05) is 0 Å². The first-order valence-corrected chi connectivity index (χ1v) is 8.31. The fourth-order valence-corrected chi connectivity index (χ4v) is 3.17. The molecule has 9 heteroatoms. The van der Waals surface area contributed by atoms with E-state index in [1.54, 1.807) is 29.2 Å². The topological polar surface area (TPSA) is 108 Å². The highest BCUT2D eigenvalue weighted by atomic mass is 16.5. The van der Waals surface area contributed by atoms with Gasteiger partial charge in [-0.15, -0.1) is 0 Å². The molecule has 140 valence electrons. The van der Waals surface area contributed by atoms with Crippen LogP contribution in [0.3, 0.4) is 0 Å². The van der Waals surface area contributed by atoms with Crippen LogP contribution in [0, 0.1) is 0 Å². The number of benzene rings is 1. The fraction of sp³-hybridized carbons (Fsp3) is 0.471. The van der Waals surface area contributed by atoms with E-state index < -0.39 is 18.0 Å². The van der Waals surface area contributed by atoms with Crippen LogP contribution in [0.4, 0.5) is 16.2 Å². The number of hydrogen-bond acceptors (Lipinski definition) is 5. The second-order valence-corrected chi connectivity index (χ2v) is 6.18. The van der Waals surface area contributed by atoms with Gasteiger partial charge in [0.15, 0.2) is 0 Å². The molecule has 2 N–H and O–H groups in total. The number of carbonyl (C=O) groups excluding carboxylic acids is 2. The van der Waals surface area contributed by atoms with Gasteiger partial charge in [0, 0.05) is 31.5 Å². The van der Waals surface area contributed by atoms with E-state index in [9.17, 15) is 19.5 Å². The van der Waals surface area contributed by atoms with Crippen LogP contribution >= 0.6 is 0 Å². The first kappa shape index (κ1) is 18.2. The third kappa shape index (κ3) is 3.78. The molecule has 2 heterocycles. The summed E-state index contributed by atoms with van der Waals surface area (Å²) in [5.74, 6) is -0.510. The Bertz CT molecular complexity index is 692. The molecule has 26 heavy (non-hydrogen) atoms. The van der Waals surface area contributed by atoms with E-state index in [1.165, 1.54) is 7.11 Å². The lowest BCUT2D eigenvalue weighted by Crippen LogP contribution is -2.42. The summed E-state index contributed by atoms with van der Waals surface area (Å²) < 4.78 is 10.3. The number of amides is 3. The number of rotatable bonds is 4. The summed E-state index contributed by atoms with van der Waals surface area (Å²) >= 11 is 0. The molecule has 2 atom stereocenters. The number of carbonyl (C=O) groups is 3. The van der Waals surface area contributed by atoms with Crippen molar-refractivity contribution in [1.29, 1.82) is 0 Å². The molecule has 1 aromatic carbocycles. The summed E-state index contributed by atoms with van der Waals surface area (Å²) in [5.41, 5.74) is 1.26. The molecule has 0 unspecified atom stereocenters. The van der Waals surface area contributed by atoms with Crippen molar-refractivity contribution < 1.29 is 29.0 Å². The zero-order valence-corrected chi connectivity index (χ0v) is 14.4. The predicted octanol–water partition coefficient (Wildman–Crippen LogP) is 0.756. The van der Waals surface area contributed by atoms with Crippen LogP contribution in [-0.4, -0.2) is 73.5 Å². The summed E-state index contributed by atoms with van der Waals surface area (Å²) in [5, 5.41) is 12.0. The van der Waals surface area contributed by atoms with Crippen molar-refractivity contribution >= 4 is 29.3 Å². The molecule has 2 aliphatic rings. The maximum Gasteiger partial charge on any atom is 0.408 e. The molecule has 0 aliphatic carbocycles. The highest BCUT2D eigenvalue weighted by Crippen LogP contribution is 2.23. The number of nitrogens with zero attached hydrogens (tertiary/aromatic N) is 2. The Balaban J connectivity index is 1.65. The lowest BCUT2D eigenvalue weighted by atomic mass is 10.1. The lowest BCUT2D eigenvalue weighted by Gasteiger charge is -2.27. The van der Waals surface area contributed by atoms with Gasteiger partial charge in [-0.25, -0.2) is 4.79 Å². The van der Waals surface area contributed by atoms with Crippen LogP contribution in [0.25, 0.3) is 0 Å². The minimum Gasteiger partial charge on any atom is -0.465 e. The Morgan fingerprint density at radius 1 is 1.31 bits per heavy atom. The second-order valence-electron chi connectivity index (χ2n) is 6.18. The number of likely N-dealkylation sites (tertiary alicyclic amines) is 1. The van der Waals surface area contributed by atoms with E-state index in [0.717, 1.165) is 10.6 Å². The number of nitrogens with one attached hydrogen (secondary N) is 1. The van der Waals surface area contributed by atoms with Crippen molar-refractivity contribution in [2.24, 2.45) is 0 Å². The predicted molar refractivity (Wildman–Crippen MR) is 92.2 cm³/mol. The fourth-order valence-electron chi connectivity index (χ4n) is 3.17. The van der Waals surface area contributed by atoms with Gasteiger partial charge in [-0.3, -0.25) is 14.5 Å². The number of carboxylic acid groups (broad SMARTS) is 1. The van der Waals surface area contributed by atoms with Gasteiger partial charge in [-0.2, -0.15) is 0 Å². The zero-order valence-electron chi connectivity index (χ0n) is 14.4. The number of methoxy groups -OCH3 is 1. The van der Waals surface area contributed by atoms with Gasteiger partial charge < -0.3 is 24.8 Å². The Labute approximate surface area is 150 Å². The normalized spacial score (nSPS) is 23.2. The molecule has 2 fully saturated rings. The van der Waals surface area contributed by atoms with E-state index >= 15 is 0 Å². The van der Waals surface area contributed by atoms with E-state index in [-0.39, 0.29) is 25.2 Å². The standard InChI is InChI=1S/C17H21N3O6/c1-25-13-8-14(20(9-13)17(23)24)16(22)18-11-2-4-12(5-3-11)19-6-7-26-10-15(19)21/h2-5,13-14H,6-10H2,1H3,(H,18,22)(H,23,24)/t13-,14-/m1/s1. The Hall–Kier alpha value is -2.65. The van der Waals surface area contributed by atoms with Crippen molar-refractivity contribution in [3.8, 4) is 0 Å². The maximum atomic E-state index is 12.5. The van der Waals surface area contributed by atoms with Gasteiger partial charge >= 0.3 is 6.09 Å². The van der Waals surface area contributed by atoms with E-state index in [0.29, 0.717) is 25.3 Å². The average molecular weight is 363 g/mol. The van der Waals surface area contributed by atoms with Crippen LogP contribution < -0.4 is 10.2 Å². The molecular weight excluding hydrogens is 342 g/mol. The Morgan fingerprint density at radius 2 is 2.04 bits per heavy atom. The monoisotopic (exact) mass is 363 g/mol. The Morgan fingerprint density at radius 3 is 2.65 bits per heavy atom. The van der Waals surface area contributed by atoms with Gasteiger partial charge in [0.1, 0.15) is 12.6 Å². The third-order valence-corrected chi connectivity index (χ3v) is 4.58. The number of ether oxygens (including phenoxy) is 2. The van der Waals surface area contributed by atoms with Crippen molar-refractivity contribution in [2.45, 2.75) is 18.6 Å². The average Bonchev–Trinajstić information content (AvgIpc) is 3.08. The first-order valence-electron chi connectivity index (χ1n) is 8.31. The number of anilines is 2. The quantitative estimate of drug-likeness (QED) is 0.817. The molecule has 0 spiro atoms. The minimum atomic E-state index is -1.15. The molecule has 3 rings (SSSR count). The third-order valence-electron chi connectivity index (χ3n) is 4.58. The van der Waals surface area contributed by atoms with E-state index in [4.69, 9.17) is 9.47 Å². The molecule has 9 nitrogen and oxygen atoms in total. The molecule has 1 aromatic rings. The molecule has 0 aromatic heterocycles. The van der Waals surface area contributed by atoms with Crippen LogP contribution in [0.1, 0.15) is 6.42 Å². The summed E-state index contributed by atoms with van der Waals surface area (Å²) in [6.07, 6.45) is -1.13. The molecular formula is C17H21N3O6. The van der Waals surface area contributed by atoms with Crippen LogP contribution in [0.15, 0.2) is 24.3 Å². The van der Waals surface area contributed by atoms with Gasteiger partial charge in [-0.05, 0) is 24.3 Å². The van der Waals surface area contributed by atoms with Crippen molar-refractivity contribution in [2.75, 3.05) is 43.6 Å². The number of hydrogen-bond donors (Lipinski definition) is 2. The van der Waals surface area contributed by atoms with Gasteiger partial charge in [0.25, 0.3) is 5.91 Å². The molecule has 2 saturated heterocycles. The smallest absolute Gasteiger partial charge is 0.408 e. The van der Waals surface area contributed by atoms with Crippen LogP contribution in [0.5, 0.6) is 0 Å². The van der Waals surface area contributed by atoms with Crippen molar-refractivity contribution in [3.63, 3.8) is 0 Å². The minimum absolute atomic E-state index is 0.0614. The summed E-state index contributed by atoms with van der Waals surface area (Å²) in [6.45, 7) is 1.20. The Kier molecular flexibility index (Phi) is 5.38. The molecule has 0 bridgehead atoms. The molecule has 0 saturated carbocycles. The highest BCUT2D eigenvalue weighted by Gasteiger charge is 2.39. The van der Waals surface area contributed by atoms with Gasteiger partial charge in [0.2, 0.25) is 5.91 Å². The summed E-state index contributed by atoms with van der Waals surface area (Å²) in [7, 11) is 1.50. The van der Waals surface area contributed by atoms with Crippen LogP contribution in [0.2, 0.25) is 0 Å². The summed E-state index contributed by atoms with van der Waals surface area (Å²) in [4.78, 5) is 38.4. The SMILES string of the molecule is CO[C@@H]1C[C@H](C(=O)Nc2ccc(N3CCOCC3=O)cc2)N(C(=O)O)C1. The number of morpholine rings is 1. The second kappa shape index (κ2) is 7.71. The van der Waals surface area contributed by atoms with Crippen LogP contribution in [-0.2, 0) is 19.1 Å². The molecule has 2 aliphatic heterocycles. The van der Waals surface area contributed by atoms with Gasteiger partial charge in [0.05, 0.1) is 19.3 Å². The molecule has 0 radical (unpaired) electrons. The van der Waals surface area contributed by atoms with Crippen molar-refractivity contribution in [1.82, 2.24) is 4.90 Å². The molecule has 3 amide bonds. The first-order chi connectivity index (χ1) is 12.5. The summed E-state index contributed by atoms with van der Waals surface area (Å²) in [6, 6.07) is 6.05. The van der Waals surface area contributed by atoms with E-state index in [2.05, 4.69) is 5.32 Å². The maximum absolute atomic E-state index is 12.5. The van der Waals surface area contributed by atoms with Gasteiger partial charge in [-0.1, -0.05) is 0 Å². The van der Waals surface area contributed by atoms with Crippen molar-refractivity contribution in [3.05, 3.63) is 24.3 Å². The lowest BCUT2D eigenvalue weighted by molar-refractivity contribution is -0.125. The zero-order chi connectivity index (χ0) is 18.7. The highest BCUT2D eigenvalue weighted by molar-refractivity contribution is 5.98.